The maximum Gasteiger partial charge on any atom is 0.325 e. The first kappa shape index (κ1) is 18.1. The number of nitrogens with one attached hydrogen (secondary N) is 2. The highest BCUT2D eigenvalue weighted by atomic mass is 16.2. The molecule has 7 nitrogen and oxygen atoms in total. The van der Waals surface area contributed by atoms with Crippen LogP contribution in [-0.4, -0.2) is 34.9 Å². The number of piperidine rings is 1. The maximum atomic E-state index is 13.7. The van der Waals surface area contributed by atoms with Gasteiger partial charge in [0.1, 0.15) is 0 Å². The Morgan fingerprint density at radius 1 is 1.18 bits per heavy atom. The van der Waals surface area contributed by atoms with Crippen LogP contribution in [0, 0.1) is 17.2 Å². The molecule has 2 aromatic rings. The number of aromatic nitrogens is 1. The molecule has 0 aliphatic carbocycles. The number of pyridine rings is 1. The Hall–Kier alpha value is -3.24. The summed E-state index contributed by atoms with van der Waals surface area (Å²) in [4.78, 5) is 32.0. The van der Waals surface area contributed by atoms with Crippen LogP contribution >= 0.6 is 0 Å². The Balaban J connectivity index is 1.73. The van der Waals surface area contributed by atoms with Crippen molar-refractivity contribution in [2.24, 2.45) is 5.92 Å². The Kier molecular flexibility index (Phi) is 4.80. The van der Waals surface area contributed by atoms with Crippen molar-refractivity contribution in [2.45, 2.75) is 24.9 Å². The van der Waals surface area contributed by atoms with Gasteiger partial charge in [0.05, 0.1) is 18.2 Å². The van der Waals surface area contributed by atoms with E-state index in [1.54, 1.807) is 42.7 Å². The quantitative estimate of drug-likeness (QED) is 0.796. The van der Waals surface area contributed by atoms with Gasteiger partial charge in [-0.15, -0.1) is 0 Å². The highest BCUT2D eigenvalue weighted by Crippen LogP contribution is 2.40. The van der Waals surface area contributed by atoms with E-state index in [2.05, 4.69) is 21.7 Å². The van der Waals surface area contributed by atoms with Crippen molar-refractivity contribution in [1.82, 2.24) is 20.5 Å². The van der Waals surface area contributed by atoms with E-state index >= 15 is 0 Å². The van der Waals surface area contributed by atoms with E-state index in [9.17, 15) is 14.9 Å². The molecule has 0 saturated carbocycles. The van der Waals surface area contributed by atoms with Gasteiger partial charge in [0.2, 0.25) is 0 Å². The number of urea groups is 1. The Morgan fingerprint density at radius 3 is 2.68 bits per heavy atom. The minimum Gasteiger partial charge on any atom is -0.319 e. The molecule has 0 spiro atoms. The molecule has 0 radical (unpaired) electrons. The van der Waals surface area contributed by atoms with Gasteiger partial charge in [-0.3, -0.25) is 14.7 Å². The van der Waals surface area contributed by atoms with Crippen molar-refractivity contribution in [2.75, 3.05) is 13.1 Å². The number of amides is 3. The fraction of sp³-hybridized carbons (Fsp3) is 0.333. The third-order valence-corrected chi connectivity index (χ3v) is 5.67. The lowest BCUT2D eigenvalue weighted by atomic mass is 9.74. The predicted octanol–water partition coefficient (Wildman–Crippen LogP) is 1.90. The molecule has 7 heteroatoms. The van der Waals surface area contributed by atoms with E-state index in [1.165, 1.54) is 4.90 Å². The largest absolute Gasteiger partial charge is 0.325 e. The van der Waals surface area contributed by atoms with Gasteiger partial charge in [0.15, 0.2) is 5.54 Å². The summed E-state index contributed by atoms with van der Waals surface area (Å²) < 4.78 is 0. The van der Waals surface area contributed by atoms with Gasteiger partial charge in [-0.05, 0) is 49.5 Å². The van der Waals surface area contributed by atoms with Gasteiger partial charge in [0.25, 0.3) is 5.91 Å². The van der Waals surface area contributed by atoms with E-state index in [0.29, 0.717) is 16.7 Å². The zero-order chi connectivity index (χ0) is 19.6. The lowest BCUT2D eigenvalue weighted by Gasteiger charge is -2.37. The van der Waals surface area contributed by atoms with Crippen LogP contribution in [0.5, 0.6) is 0 Å². The van der Waals surface area contributed by atoms with Gasteiger partial charge in [-0.25, -0.2) is 4.79 Å². The van der Waals surface area contributed by atoms with Crippen molar-refractivity contribution in [1.29, 1.82) is 5.26 Å². The number of hydrogen-bond acceptors (Lipinski definition) is 5. The summed E-state index contributed by atoms with van der Waals surface area (Å²) in [6.07, 6.45) is 4.88. The van der Waals surface area contributed by atoms with E-state index in [4.69, 9.17) is 0 Å². The van der Waals surface area contributed by atoms with Crippen LogP contribution in [0.4, 0.5) is 4.79 Å². The lowest BCUT2D eigenvalue weighted by Crippen LogP contribution is -2.53. The molecule has 3 amide bonds. The molecule has 1 aromatic carbocycles. The monoisotopic (exact) mass is 375 g/mol. The molecule has 3 heterocycles. The van der Waals surface area contributed by atoms with Gasteiger partial charge in [-0.2, -0.15) is 5.26 Å². The zero-order valence-electron chi connectivity index (χ0n) is 15.4. The summed E-state index contributed by atoms with van der Waals surface area (Å²) in [5, 5.41) is 15.6. The highest BCUT2D eigenvalue weighted by molar-refractivity contribution is 6.07. The van der Waals surface area contributed by atoms with Crippen LogP contribution in [0.15, 0.2) is 48.8 Å². The topological polar surface area (TPSA) is 98.1 Å². The summed E-state index contributed by atoms with van der Waals surface area (Å²) in [5.74, 6) is -0.296. The number of nitriles is 1. The number of nitrogens with zero attached hydrogens (tertiary/aromatic N) is 3. The molecule has 2 aliphatic heterocycles. The number of carbonyl (C=O) groups excluding carboxylic acids is 2. The molecule has 4 rings (SSSR count). The number of rotatable bonds is 4. The summed E-state index contributed by atoms with van der Waals surface area (Å²) in [5.41, 5.74) is 0.704. The predicted molar refractivity (Wildman–Crippen MR) is 102 cm³/mol. The van der Waals surface area contributed by atoms with Crippen LogP contribution in [0.25, 0.3) is 0 Å². The first-order chi connectivity index (χ1) is 13.7. The SMILES string of the molecule is N#Cc1ccccc1CN1C(=O)N[C@](c2cccnc2)(C2CCNCC2)C1=O. The Labute approximate surface area is 163 Å². The van der Waals surface area contributed by atoms with Gasteiger partial charge < -0.3 is 10.6 Å². The van der Waals surface area contributed by atoms with Crippen LogP contribution < -0.4 is 10.6 Å². The Bertz CT molecular complexity index is 933. The first-order valence-electron chi connectivity index (χ1n) is 9.40. The number of imide groups is 1. The summed E-state index contributed by atoms with van der Waals surface area (Å²) >= 11 is 0. The van der Waals surface area contributed by atoms with Gasteiger partial charge in [-0.1, -0.05) is 24.3 Å². The molecule has 28 heavy (non-hydrogen) atoms. The van der Waals surface area contributed by atoms with Crippen molar-refractivity contribution in [3.05, 3.63) is 65.5 Å². The molecule has 142 valence electrons. The average Bonchev–Trinajstić information content (AvgIpc) is 3.01. The zero-order valence-corrected chi connectivity index (χ0v) is 15.4. The summed E-state index contributed by atoms with van der Waals surface area (Å²) in [6, 6.07) is 12.4. The Morgan fingerprint density at radius 2 is 1.96 bits per heavy atom. The van der Waals surface area contributed by atoms with Crippen LogP contribution in [0.1, 0.15) is 29.5 Å². The average molecular weight is 375 g/mol. The van der Waals surface area contributed by atoms with E-state index in [1.807, 2.05) is 6.07 Å². The van der Waals surface area contributed by atoms with Crippen molar-refractivity contribution in [3.8, 4) is 6.07 Å². The minimum atomic E-state index is -1.12. The third-order valence-electron chi connectivity index (χ3n) is 5.67. The highest BCUT2D eigenvalue weighted by Gasteiger charge is 2.56. The van der Waals surface area contributed by atoms with E-state index in [-0.39, 0.29) is 18.4 Å². The molecule has 0 unspecified atom stereocenters. The molecular formula is C21H21N5O2. The van der Waals surface area contributed by atoms with Crippen LogP contribution in [0.2, 0.25) is 0 Å². The molecule has 0 bridgehead atoms. The molecule has 2 aliphatic rings. The first-order valence-corrected chi connectivity index (χ1v) is 9.40. The van der Waals surface area contributed by atoms with Gasteiger partial charge in [0, 0.05) is 18.0 Å². The lowest BCUT2D eigenvalue weighted by molar-refractivity contribution is -0.134. The smallest absolute Gasteiger partial charge is 0.319 e. The molecular weight excluding hydrogens is 354 g/mol. The third kappa shape index (κ3) is 2.92. The molecule has 2 saturated heterocycles. The standard InChI is InChI=1S/C21H21N5O2/c22-12-15-4-1-2-5-16(15)14-26-19(27)21(25-20(26)28,17-7-10-23-11-8-17)18-6-3-9-24-13-18/h1-6,9,13,17,23H,7-8,10-11,14H2,(H,25,28)/t21-/m0/s1. The molecule has 2 N–H and O–H groups in total. The van der Waals surface area contributed by atoms with E-state index < -0.39 is 11.6 Å². The fourth-order valence-electron chi connectivity index (χ4n) is 4.23. The van der Waals surface area contributed by atoms with Crippen molar-refractivity contribution >= 4 is 11.9 Å². The number of benzene rings is 1. The van der Waals surface area contributed by atoms with Crippen molar-refractivity contribution in [3.63, 3.8) is 0 Å². The molecule has 2 fully saturated rings. The molecule has 1 atom stereocenters. The van der Waals surface area contributed by atoms with Crippen LogP contribution in [0.3, 0.4) is 0 Å². The second kappa shape index (κ2) is 7.41. The van der Waals surface area contributed by atoms with Crippen molar-refractivity contribution < 1.29 is 9.59 Å². The number of carbonyl (C=O) groups is 2. The fourth-order valence-corrected chi connectivity index (χ4v) is 4.23. The summed E-state index contributed by atoms with van der Waals surface area (Å²) in [6.45, 7) is 1.67. The second-order valence-electron chi connectivity index (χ2n) is 7.16. The maximum absolute atomic E-state index is 13.7. The van der Waals surface area contributed by atoms with Crippen LogP contribution in [-0.2, 0) is 16.9 Å². The normalized spacial score (nSPS) is 22.8. The number of hydrogen-bond donors (Lipinski definition) is 2. The van der Waals surface area contributed by atoms with Gasteiger partial charge >= 0.3 is 6.03 Å². The molecule has 1 aromatic heterocycles. The van der Waals surface area contributed by atoms with E-state index in [0.717, 1.165) is 25.9 Å². The summed E-state index contributed by atoms with van der Waals surface area (Å²) in [7, 11) is 0. The minimum absolute atomic E-state index is 0.0226. The second-order valence-corrected chi connectivity index (χ2v) is 7.16.